The molecule has 0 amide bonds. The maximum Gasteiger partial charge on any atom is 0.169 e. The molecule has 3 aromatic rings. The third-order valence-electron chi connectivity index (χ3n) is 2.91. The monoisotopic (exact) mass is 344 g/mol. The molecular formula is C15H9BrN2OS. The van der Waals surface area contributed by atoms with E-state index >= 15 is 0 Å². The second-order valence-corrected chi connectivity index (χ2v) is 5.93. The molecule has 0 aliphatic rings. The Kier molecular flexibility index (Phi) is 3.35. The fraction of sp³-hybridized carbons (Fsp3) is 0. The Labute approximate surface area is 128 Å². The van der Waals surface area contributed by atoms with Crippen molar-refractivity contribution in [1.82, 2.24) is 0 Å². The number of hydrogen-bond acceptors (Lipinski definition) is 4. The summed E-state index contributed by atoms with van der Waals surface area (Å²) >= 11 is 4.64. The normalized spacial score (nSPS) is 10.4. The summed E-state index contributed by atoms with van der Waals surface area (Å²) < 4.78 is 6.26. The summed E-state index contributed by atoms with van der Waals surface area (Å²) in [5.74, 6) is 0.703. The summed E-state index contributed by atoms with van der Waals surface area (Å²) in [6.07, 6.45) is 0. The molecule has 0 atom stereocenters. The first-order chi connectivity index (χ1) is 9.70. The average molecular weight is 345 g/mol. The molecule has 0 saturated heterocycles. The molecule has 5 heteroatoms. The van der Waals surface area contributed by atoms with Gasteiger partial charge in [-0.25, -0.2) is 0 Å². The Balaban J connectivity index is 2.28. The van der Waals surface area contributed by atoms with Gasteiger partial charge in [0.1, 0.15) is 16.7 Å². The first-order valence-corrected chi connectivity index (χ1v) is 7.45. The summed E-state index contributed by atoms with van der Waals surface area (Å²) in [5, 5.41) is 9.20. The Hall–Kier alpha value is -2.03. The van der Waals surface area contributed by atoms with E-state index in [4.69, 9.17) is 10.2 Å². The van der Waals surface area contributed by atoms with Crippen molar-refractivity contribution in [2.45, 2.75) is 0 Å². The van der Waals surface area contributed by atoms with Gasteiger partial charge < -0.3 is 10.2 Å². The maximum atomic E-state index is 9.20. The van der Waals surface area contributed by atoms with E-state index in [0.717, 1.165) is 16.0 Å². The molecule has 0 radical (unpaired) electrons. The summed E-state index contributed by atoms with van der Waals surface area (Å²) in [4.78, 5) is 1.38. The van der Waals surface area contributed by atoms with E-state index in [1.807, 2.05) is 42.5 Å². The van der Waals surface area contributed by atoms with Crippen molar-refractivity contribution >= 4 is 33.0 Å². The van der Waals surface area contributed by atoms with E-state index in [-0.39, 0.29) is 0 Å². The molecule has 2 heterocycles. The molecule has 2 N–H and O–H groups in total. The lowest BCUT2D eigenvalue weighted by Gasteiger charge is -2.03. The molecule has 1 aromatic carbocycles. The van der Waals surface area contributed by atoms with Crippen LogP contribution < -0.4 is 5.73 Å². The predicted octanol–water partition coefficient (Wildman–Crippen LogP) is 4.89. The first kappa shape index (κ1) is 13.0. The van der Waals surface area contributed by atoms with Crippen LogP contribution in [0.2, 0.25) is 0 Å². The Morgan fingerprint density at radius 3 is 2.50 bits per heavy atom. The van der Waals surface area contributed by atoms with Gasteiger partial charge in [-0.3, -0.25) is 0 Å². The van der Waals surface area contributed by atoms with Gasteiger partial charge in [0, 0.05) is 5.56 Å². The third kappa shape index (κ3) is 2.13. The Bertz CT molecular complexity index is 799. The van der Waals surface area contributed by atoms with Crippen molar-refractivity contribution < 1.29 is 4.42 Å². The number of nitrogens with zero attached hydrogens (tertiary/aromatic N) is 1. The van der Waals surface area contributed by atoms with Gasteiger partial charge in [-0.2, -0.15) is 5.26 Å². The lowest BCUT2D eigenvalue weighted by atomic mass is 10.0. The topological polar surface area (TPSA) is 63.0 Å². The SMILES string of the molecule is N#Cc1sc(-c2ccc(Br)o2)c(-c2ccccc2)c1N. The summed E-state index contributed by atoms with van der Waals surface area (Å²) in [5.41, 5.74) is 8.46. The van der Waals surface area contributed by atoms with E-state index in [1.54, 1.807) is 0 Å². The maximum absolute atomic E-state index is 9.20. The molecule has 0 unspecified atom stereocenters. The molecule has 3 rings (SSSR count). The van der Waals surface area contributed by atoms with Crippen molar-refractivity contribution in [3.8, 4) is 27.8 Å². The third-order valence-corrected chi connectivity index (χ3v) is 4.46. The molecule has 3 nitrogen and oxygen atoms in total. The first-order valence-electron chi connectivity index (χ1n) is 5.84. The molecule has 0 saturated carbocycles. The fourth-order valence-corrected chi connectivity index (χ4v) is 3.34. The zero-order valence-electron chi connectivity index (χ0n) is 10.3. The second-order valence-electron chi connectivity index (χ2n) is 4.13. The highest BCUT2D eigenvalue weighted by atomic mass is 79.9. The van der Waals surface area contributed by atoms with Crippen LogP contribution in [-0.2, 0) is 0 Å². The van der Waals surface area contributed by atoms with Crippen molar-refractivity contribution in [1.29, 1.82) is 5.26 Å². The lowest BCUT2D eigenvalue weighted by molar-refractivity contribution is 0.557. The van der Waals surface area contributed by atoms with Crippen LogP contribution in [0.25, 0.3) is 21.8 Å². The van der Waals surface area contributed by atoms with E-state index in [2.05, 4.69) is 22.0 Å². The number of anilines is 1. The highest BCUT2D eigenvalue weighted by Crippen LogP contribution is 2.45. The number of hydrogen-bond donors (Lipinski definition) is 1. The number of nitrogen functional groups attached to an aromatic ring is 1. The zero-order valence-corrected chi connectivity index (χ0v) is 12.7. The largest absolute Gasteiger partial charge is 0.449 e. The molecule has 2 aromatic heterocycles. The van der Waals surface area contributed by atoms with Crippen molar-refractivity contribution in [2.24, 2.45) is 0 Å². The smallest absolute Gasteiger partial charge is 0.169 e. The molecule has 0 spiro atoms. The minimum atomic E-state index is 0.506. The molecule has 0 fully saturated rings. The van der Waals surface area contributed by atoms with Crippen molar-refractivity contribution in [3.63, 3.8) is 0 Å². The van der Waals surface area contributed by atoms with Gasteiger partial charge in [0.2, 0.25) is 0 Å². The fourth-order valence-electron chi connectivity index (χ4n) is 2.03. The zero-order chi connectivity index (χ0) is 14.1. The van der Waals surface area contributed by atoms with Crippen LogP contribution in [0.15, 0.2) is 51.6 Å². The van der Waals surface area contributed by atoms with Crippen LogP contribution in [0.1, 0.15) is 4.88 Å². The Morgan fingerprint density at radius 2 is 1.90 bits per heavy atom. The number of thiophene rings is 1. The van der Waals surface area contributed by atoms with E-state index in [0.29, 0.717) is 21.0 Å². The molecule has 0 aliphatic heterocycles. The number of rotatable bonds is 2. The van der Waals surface area contributed by atoms with Gasteiger partial charge >= 0.3 is 0 Å². The number of furan rings is 1. The van der Waals surface area contributed by atoms with E-state index in [1.165, 1.54) is 11.3 Å². The van der Waals surface area contributed by atoms with Crippen molar-refractivity contribution in [3.05, 3.63) is 52.0 Å². The number of halogens is 1. The molecule has 20 heavy (non-hydrogen) atoms. The average Bonchev–Trinajstić information content (AvgIpc) is 3.03. The van der Waals surface area contributed by atoms with Gasteiger partial charge in [-0.1, -0.05) is 30.3 Å². The molecule has 98 valence electrons. The minimum absolute atomic E-state index is 0.506. The highest BCUT2D eigenvalue weighted by molar-refractivity contribution is 9.10. The lowest BCUT2D eigenvalue weighted by Crippen LogP contribution is -1.88. The second kappa shape index (κ2) is 5.16. The van der Waals surface area contributed by atoms with Crippen LogP contribution in [-0.4, -0.2) is 0 Å². The summed E-state index contributed by atoms with van der Waals surface area (Å²) in [7, 11) is 0. The van der Waals surface area contributed by atoms with Crippen molar-refractivity contribution in [2.75, 3.05) is 5.73 Å². The highest BCUT2D eigenvalue weighted by Gasteiger charge is 2.20. The van der Waals surface area contributed by atoms with Gasteiger partial charge in [-0.15, -0.1) is 11.3 Å². The van der Waals surface area contributed by atoms with E-state index in [9.17, 15) is 5.26 Å². The quantitative estimate of drug-likeness (QED) is 0.719. The van der Waals surface area contributed by atoms with E-state index < -0.39 is 0 Å². The van der Waals surface area contributed by atoms with Crippen LogP contribution >= 0.6 is 27.3 Å². The van der Waals surface area contributed by atoms with Crippen LogP contribution in [0.4, 0.5) is 5.69 Å². The number of nitrogens with two attached hydrogens (primary N) is 1. The van der Waals surface area contributed by atoms with Gasteiger partial charge in [-0.05, 0) is 33.6 Å². The standard InChI is InChI=1S/C15H9BrN2OS/c16-12-7-6-10(19-12)15-13(9-4-2-1-3-5-9)14(18)11(8-17)20-15/h1-7H,18H2. The molecular weight excluding hydrogens is 336 g/mol. The minimum Gasteiger partial charge on any atom is -0.449 e. The molecule has 0 bridgehead atoms. The van der Waals surface area contributed by atoms with Crippen LogP contribution in [0.3, 0.4) is 0 Å². The van der Waals surface area contributed by atoms with Crippen LogP contribution in [0, 0.1) is 11.3 Å². The number of benzene rings is 1. The predicted molar refractivity (Wildman–Crippen MR) is 84.3 cm³/mol. The summed E-state index contributed by atoms with van der Waals surface area (Å²) in [6, 6.07) is 15.6. The summed E-state index contributed by atoms with van der Waals surface area (Å²) in [6.45, 7) is 0. The molecule has 0 aliphatic carbocycles. The van der Waals surface area contributed by atoms with Gasteiger partial charge in [0.15, 0.2) is 4.67 Å². The number of nitriles is 1. The van der Waals surface area contributed by atoms with Gasteiger partial charge in [0.25, 0.3) is 0 Å². The van der Waals surface area contributed by atoms with Gasteiger partial charge in [0.05, 0.1) is 10.6 Å². The Morgan fingerprint density at radius 1 is 1.15 bits per heavy atom. The van der Waals surface area contributed by atoms with Crippen LogP contribution in [0.5, 0.6) is 0 Å².